The molecular weight excluding hydrogens is 1230 g/mol. The van der Waals surface area contributed by atoms with Crippen molar-refractivity contribution < 1.29 is 80.2 Å². The van der Waals surface area contributed by atoms with E-state index in [1.165, 1.54) is 173 Å². The van der Waals surface area contributed by atoms with Crippen molar-refractivity contribution in [1.29, 1.82) is 0 Å². The predicted molar refractivity (Wildman–Crippen MR) is 381 cm³/mol. The highest BCUT2D eigenvalue weighted by Crippen LogP contribution is 2.45. The molecular formula is C75H146O17P2. The van der Waals surface area contributed by atoms with E-state index in [4.69, 9.17) is 37.0 Å². The Morgan fingerprint density at radius 2 is 0.511 bits per heavy atom. The zero-order chi connectivity index (χ0) is 69.6. The third kappa shape index (κ3) is 67.3. The maximum absolute atomic E-state index is 13.1. The zero-order valence-corrected chi connectivity index (χ0v) is 63.4. The van der Waals surface area contributed by atoms with Crippen LogP contribution in [0.15, 0.2) is 0 Å². The normalized spacial score (nSPS) is 14.4. The number of phosphoric ester groups is 2. The molecule has 0 bridgehead atoms. The van der Waals surface area contributed by atoms with Crippen LogP contribution in [0, 0.1) is 23.7 Å². The summed E-state index contributed by atoms with van der Waals surface area (Å²) in [6.07, 6.45) is 48.6. The first-order valence-corrected chi connectivity index (χ1v) is 41.7. The van der Waals surface area contributed by atoms with Crippen molar-refractivity contribution in [2.75, 3.05) is 39.6 Å². The number of ether oxygens (including phenoxy) is 4. The molecule has 0 saturated carbocycles. The lowest BCUT2D eigenvalue weighted by Crippen LogP contribution is -2.30. The highest BCUT2D eigenvalue weighted by atomic mass is 31.2. The Kier molecular flexibility index (Phi) is 63.1. The summed E-state index contributed by atoms with van der Waals surface area (Å²) in [5.41, 5.74) is 0. The summed E-state index contributed by atoms with van der Waals surface area (Å²) in [7, 11) is -9.91. The van der Waals surface area contributed by atoms with Crippen LogP contribution in [-0.4, -0.2) is 96.7 Å². The van der Waals surface area contributed by atoms with Crippen LogP contribution in [0.3, 0.4) is 0 Å². The SMILES string of the molecule is CCC(C)CCCCCCCCCCCCC(=O)OC[C@H](COP(=O)(O)OC[C@@H](O)COP(=O)(O)OC[C@@H](COC(=O)CCCCCCCCC(C)C)OC(=O)CCCCCCCCCCCCCCCCC(C)C)OC(=O)CCCCCCCCCCCCCC(C)C. The van der Waals surface area contributed by atoms with Crippen LogP contribution in [-0.2, 0) is 65.4 Å². The van der Waals surface area contributed by atoms with Gasteiger partial charge in [0.05, 0.1) is 26.4 Å². The quantitative estimate of drug-likeness (QED) is 0.0222. The minimum atomic E-state index is -4.96. The summed E-state index contributed by atoms with van der Waals surface area (Å²) >= 11 is 0. The Labute approximate surface area is 575 Å². The number of hydrogen-bond acceptors (Lipinski definition) is 15. The fraction of sp³-hybridized carbons (Fsp3) is 0.947. The molecule has 0 aliphatic carbocycles. The molecule has 6 atom stereocenters. The summed E-state index contributed by atoms with van der Waals surface area (Å²) < 4.78 is 68.5. The van der Waals surface area contributed by atoms with Gasteiger partial charge < -0.3 is 33.8 Å². The van der Waals surface area contributed by atoms with Gasteiger partial charge in [0.2, 0.25) is 0 Å². The van der Waals surface area contributed by atoms with E-state index in [1.54, 1.807) is 0 Å². The van der Waals surface area contributed by atoms with Gasteiger partial charge in [-0.1, -0.05) is 325 Å². The van der Waals surface area contributed by atoms with Crippen LogP contribution in [0.25, 0.3) is 0 Å². The molecule has 0 aliphatic rings. The summed E-state index contributed by atoms with van der Waals surface area (Å²) in [4.78, 5) is 72.8. The maximum atomic E-state index is 13.1. The van der Waals surface area contributed by atoms with Crippen molar-refractivity contribution >= 4 is 39.5 Å². The van der Waals surface area contributed by atoms with E-state index in [0.29, 0.717) is 31.6 Å². The third-order valence-electron chi connectivity index (χ3n) is 17.7. The van der Waals surface area contributed by atoms with Gasteiger partial charge in [0.15, 0.2) is 12.2 Å². The molecule has 0 rings (SSSR count). The lowest BCUT2D eigenvalue weighted by molar-refractivity contribution is -0.161. The molecule has 0 saturated heterocycles. The Balaban J connectivity index is 5.24. The van der Waals surface area contributed by atoms with Crippen LogP contribution in [0.1, 0.15) is 376 Å². The van der Waals surface area contributed by atoms with E-state index in [-0.39, 0.29) is 25.7 Å². The molecule has 558 valence electrons. The van der Waals surface area contributed by atoms with E-state index in [2.05, 4.69) is 55.4 Å². The van der Waals surface area contributed by atoms with Crippen LogP contribution in [0.4, 0.5) is 0 Å². The molecule has 0 radical (unpaired) electrons. The average molecular weight is 1380 g/mol. The first-order valence-electron chi connectivity index (χ1n) is 38.7. The predicted octanol–water partition coefficient (Wildman–Crippen LogP) is 21.7. The second-order valence-electron chi connectivity index (χ2n) is 28.7. The number of aliphatic hydroxyl groups is 1. The second-order valence-corrected chi connectivity index (χ2v) is 31.6. The molecule has 0 aromatic heterocycles. The van der Waals surface area contributed by atoms with Gasteiger partial charge >= 0.3 is 39.5 Å². The van der Waals surface area contributed by atoms with Crippen molar-refractivity contribution in [3.05, 3.63) is 0 Å². The van der Waals surface area contributed by atoms with Crippen LogP contribution >= 0.6 is 15.6 Å². The zero-order valence-electron chi connectivity index (χ0n) is 61.6. The Hall–Kier alpha value is -1.94. The average Bonchev–Trinajstić information content (AvgIpc) is 1.28. The van der Waals surface area contributed by atoms with Gasteiger partial charge in [-0.25, -0.2) is 9.13 Å². The molecule has 19 heteroatoms. The molecule has 3 unspecified atom stereocenters. The lowest BCUT2D eigenvalue weighted by atomic mass is 9.99. The summed E-state index contributed by atoms with van der Waals surface area (Å²) in [6.45, 7) is 14.2. The van der Waals surface area contributed by atoms with Gasteiger partial charge in [0, 0.05) is 25.7 Å². The molecule has 0 fully saturated rings. The van der Waals surface area contributed by atoms with Gasteiger partial charge in [-0.3, -0.25) is 37.3 Å². The fourth-order valence-corrected chi connectivity index (χ4v) is 12.9. The van der Waals surface area contributed by atoms with Gasteiger partial charge in [-0.05, 0) is 49.4 Å². The van der Waals surface area contributed by atoms with Crippen molar-refractivity contribution in [2.45, 2.75) is 395 Å². The standard InChI is InChI=1S/C75H146O17P2/c1-9-68(8)54-46-38-29-23-19-20-24-30-39-47-55-72(77)85-61-70(91-75(80)58-50-42-32-26-18-14-16-22-28-36-44-52-66(4)5)63-89-93(81,82)87-59-69(76)60-88-94(83,84)90-64-71(62-86-73(78)56-48-40-34-33-37-45-53-67(6)7)92-74(79)57-49-41-31-25-17-13-11-10-12-15-21-27-35-43-51-65(2)3/h65-71,76H,9-64H2,1-8H3,(H,81,82)(H,83,84)/t68?,69-,70-,71-/m1/s1. The number of esters is 4. The van der Waals surface area contributed by atoms with E-state index in [0.717, 1.165) is 114 Å². The van der Waals surface area contributed by atoms with Crippen molar-refractivity contribution in [2.24, 2.45) is 23.7 Å². The first-order chi connectivity index (χ1) is 45.1. The number of hydrogen-bond donors (Lipinski definition) is 3. The number of aliphatic hydroxyl groups excluding tert-OH is 1. The molecule has 94 heavy (non-hydrogen) atoms. The highest BCUT2D eigenvalue weighted by Gasteiger charge is 2.30. The van der Waals surface area contributed by atoms with E-state index < -0.39 is 97.5 Å². The molecule has 17 nitrogen and oxygen atoms in total. The molecule has 0 aromatic carbocycles. The largest absolute Gasteiger partial charge is 0.472 e. The van der Waals surface area contributed by atoms with Gasteiger partial charge in [0.1, 0.15) is 19.3 Å². The van der Waals surface area contributed by atoms with Crippen molar-refractivity contribution in [1.82, 2.24) is 0 Å². The minimum Gasteiger partial charge on any atom is -0.462 e. The number of unbranched alkanes of at least 4 members (excludes halogenated alkanes) is 37. The van der Waals surface area contributed by atoms with Crippen LogP contribution in [0.2, 0.25) is 0 Å². The number of carbonyl (C=O) groups excluding carboxylic acids is 4. The Bertz CT molecular complexity index is 1850. The number of phosphoric acid groups is 2. The Morgan fingerprint density at radius 3 is 0.755 bits per heavy atom. The van der Waals surface area contributed by atoms with Gasteiger partial charge in [-0.2, -0.15) is 0 Å². The molecule has 0 aliphatic heterocycles. The Morgan fingerprint density at radius 1 is 0.298 bits per heavy atom. The fourth-order valence-electron chi connectivity index (χ4n) is 11.3. The van der Waals surface area contributed by atoms with Gasteiger partial charge in [0.25, 0.3) is 0 Å². The summed E-state index contributed by atoms with van der Waals surface area (Å²) in [6, 6.07) is 0. The highest BCUT2D eigenvalue weighted by molar-refractivity contribution is 7.47. The molecule has 0 amide bonds. The van der Waals surface area contributed by atoms with Crippen molar-refractivity contribution in [3.8, 4) is 0 Å². The monoisotopic (exact) mass is 1380 g/mol. The van der Waals surface area contributed by atoms with Crippen molar-refractivity contribution in [3.63, 3.8) is 0 Å². The van der Waals surface area contributed by atoms with Crippen LogP contribution in [0.5, 0.6) is 0 Å². The summed E-state index contributed by atoms with van der Waals surface area (Å²) in [5, 5.41) is 10.6. The maximum Gasteiger partial charge on any atom is 0.472 e. The van der Waals surface area contributed by atoms with E-state index in [9.17, 15) is 43.2 Å². The van der Waals surface area contributed by atoms with E-state index >= 15 is 0 Å². The van der Waals surface area contributed by atoms with Gasteiger partial charge in [-0.15, -0.1) is 0 Å². The minimum absolute atomic E-state index is 0.106. The lowest BCUT2D eigenvalue weighted by Gasteiger charge is -2.21. The smallest absolute Gasteiger partial charge is 0.462 e. The first kappa shape index (κ1) is 92.1. The topological polar surface area (TPSA) is 237 Å². The van der Waals surface area contributed by atoms with E-state index in [1.807, 2.05) is 0 Å². The molecule has 0 aromatic rings. The number of rotatable bonds is 72. The molecule has 3 N–H and O–H groups in total. The third-order valence-corrected chi connectivity index (χ3v) is 19.6. The number of carbonyl (C=O) groups is 4. The molecule has 0 spiro atoms. The summed E-state index contributed by atoms with van der Waals surface area (Å²) in [5.74, 6) is 0.926. The second kappa shape index (κ2) is 64.4. The van der Waals surface area contributed by atoms with Crippen LogP contribution < -0.4 is 0 Å². The molecule has 0 heterocycles.